The van der Waals surface area contributed by atoms with Gasteiger partial charge >= 0.3 is 0 Å². The molecule has 1 N–H and O–H groups in total. The summed E-state index contributed by atoms with van der Waals surface area (Å²) in [6, 6.07) is 10.3. The van der Waals surface area contributed by atoms with E-state index in [9.17, 15) is 5.11 Å². The summed E-state index contributed by atoms with van der Waals surface area (Å²) in [7, 11) is 0. The molecule has 3 rings (SSSR count). The Morgan fingerprint density at radius 1 is 1.29 bits per heavy atom. The SMILES string of the molecule is Cc1cccc(OCCn2c(C)cc3c2CCCC3O)c1. The molecule has 1 heterocycles. The first kappa shape index (κ1) is 14.2. The summed E-state index contributed by atoms with van der Waals surface area (Å²) in [5.74, 6) is 0.925. The molecule has 0 radical (unpaired) electrons. The van der Waals surface area contributed by atoms with Crippen molar-refractivity contribution < 1.29 is 9.84 Å². The molecule has 0 fully saturated rings. The predicted octanol–water partition coefficient (Wildman–Crippen LogP) is 3.55. The summed E-state index contributed by atoms with van der Waals surface area (Å²) in [5.41, 5.74) is 4.84. The molecule has 112 valence electrons. The van der Waals surface area contributed by atoms with Gasteiger partial charge in [0.2, 0.25) is 0 Å². The molecule has 0 amide bonds. The number of hydrogen-bond donors (Lipinski definition) is 1. The van der Waals surface area contributed by atoms with Crippen molar-refractivity contribution in [1.29, 1.82) is 0 Å². The molecule has 0 aliphatic heterocycles. The van der Waals surface area contributed by atoms with E-state index in [0.29, 0.717) is 6.61 Å². The molecular formula is C18H23NO2. The van der Waals surface area contributed by atoms with Crippen LogP contribution >= 0.6 is 0 Å². The van der Waals surface area contributed by atoms with E-state index in [4.69, 9.17) is 4.74 Å². The first-order valence-electron chi connectivity index (χ1n) is 7.71. The third kappa shape index (κ3) is 2.98. The van der Waals surface area contributed by atoms with Gasteiger partial charge in [-0.15, -0.1) is 0 Å². The number of aliphatic hydroxyl groups excluding tert-OH is 1. The highest BCUT2D eigenvalue weighted by atomic mass is 16.5. The Balaban J connectivity index is 1.68. The second kappa shape index (κ2) is 5.94. The number of benzene rings is 1. The maximum absolute atomic E-state index is 10.1. The molecule has 21 heavy (non-hydrogen) atoms. The molecule has 3 heteroatoms. The molecule has 1 aliphatic carbocycles. The van der Waals surface area contributed by atoms with Crippen LogP contribution < -0.4 is 4.74 Å². The number of ether oxygens (including phenoxy) is 1. The van der Waals surface area contributed by atoms with Crippen LogP contribution in [0.25, 0.3) is 0 Å². The lowest BCUT2D eigenvalue weighted by Gasteiger charge is -2.20. The zero-order valence-electron chi connectivity index (χ0n) is 12.8. The van der Waals surface area contributed by atoms with Crippen LogP contribution in [0.4, 0.5) is 0 Å². The molecular weight excluding hydrogens is 262 g/mol. The van der Waals surface area contributed by atoms with E-state index < -0.39 is 0 Å². The van der Waals surface area contributed by atoms with Gasteiger partial charge < -0.3 is 14.4 Å². The Labute approximate surface area is 126 Å². The number of hydrogen-bond acceptors (Lipinski definition) is 2. The first-order valence-corrected chi connectivity index (χ1v) is 7.71. The minimum Gasteiger partial charge on any atom is -0.492 e. The van der Waals surface area contributed by atoms with Crippen molar-refractivity contribution >= 4 is 0 Å². The van der Waals surface area contributed by atoms with E-state index in [1.54, 1.807) is 0 Å². The summed E-state index contributed by atoms with van der Waals surface area (Å²) < 4.78 is 8.15. The van der Waals surface area contributed by atoms with E-state index in [2.05, 4.69) is 36.6 Å². The topological polar surface area (TPSA) is 34.4 Å². The molecule has 1 aromatic carbocycles. The summed E-state index contributed by atoms with van der Waals surface area (Å²) in [6.45, 7) is 5.67. The van der Waals surface area contributed by atoms with Gasteiger partial charge in [-0.3, -0.25) is 0 Å². The van der Waals surface area contributed by atoms with Crippen LogP contribution in [0.2, 0.25) is 0 Å². The van der Waals surface area contributed by atoms with Crippen molar-refractivity contribution in [2.75, 3.05) is 6.61 Å². The average molecular weight is 285 g/mol. The fourth-order valence-electron chi connectivity index (χ4n) is 3.21. The van der Waals surface area contributed by atoms with E-state index >= 15 is 0 Å². The average Bonchev–Trinajstić information content (AvgIpc) is 2.77. The number of aryl methyl sites for hydroxylation is 2. The molecule has 0 saturated heterocycles. The Hall–Kier alpha value is -1.74. The Bertz CT molecular complexity index is 630. The largest absolute Gasteiger partial charge is 0.492 e. The summed E-state index contributed by atoms with van der Waals surface area (Å²) in [4.78, 5) is 0. The quantitative estimate of drug-likeness (QED) is 0.932. The van der Waals surface area contributed by atoms with Crippen LogP contribution in [0, 0.1) is 13.8 Å². The van der Waals surface area contributed by atoms with Crippen molar-refractivity contribution in [1.82, 2.24) is 4.57 Å². The van der Waals surface area contributed by atoms with Gasteiger partial charge in [-0.2, -0.15) is 0 Å². The lowest BCUT2D eigenvalue weighted by molar-refractivity contribution is 0.155. The summed E-state index contributed by atoms with van der Waals surface area (Å²) >= 11 is 0. The molecule has 0 saturated carbocycles. The zero-order valence-corrected chi connectivity index (χ0v) is 12.8. The fourth-order valence-corrected chi connectivity index (χ4v) is 3.21. The van der Waals surface area contributed by atoms with Crippen LogP contribution in [0.3, 0.4) is 0 Å². The highest BCUT2D eigenvalue weighted by Gasteiger charge is 2.22. The molecule has 1 atom stereocenters. The second-order valence-electron chi connectivity index (χ2n) is 5.91. The van der Waals surface area contributed by atoms with E-state index in [1.165, 1.54) is 17.0 Å². The van der Waals surface area contributed by atoms with Gasteiger partial charge in [0.25, 0.3) is 0 Å². The van der Waals surface area contributed by atoms with Gasteiger partial charge in [0, 0.05) is 17.0 Å². The minimum atomic E-state index is -0.286. The molecule has 1 aliphatic rings. The van der Waals surface area contributed by atoms with Gasteiger partial charge in [-0.05, 0) is 56.9 Å². The standard InChI is InChI=1S/C18H23NO2/c1-13-5-3-6-15(11-13)21-10-9-19-14(2)12-16-17(19)7-4-8-18(16)20/h3,5-6,11-12,18,20H,4,7-10H2,1-2H3. The number of aliphatic hydroxyl groups is 1. The maximum atomic E-state index is 10.1. The predicted molar refractivity (Wildman–Crippen MR) is 83.7 cm³/mol. The van der Waals surface area contributed by atoms with Crippen molar-refractivity contribution in [3.63, 3.8) is 0 Å². The van der Waals surface area contributed by atoms with E-state index in [0.717, 1.165) is 37.1 Å². The zero-order chi connectivity index (χ0) is 14.8. The lowest BCUT2D eigenvalue weighted by Crippen LogP contribution is -2.16. The van der Waals surface area contributed by atoms with Crippen molar-refractivity contribution in [2.45, 2.75) is 45.8 Å². The number of nitrogens with zero attached hydrogens (tertiary/aromatic N) is 1. The Morgan fingerprint density at radius 2 is 2.14 bits per heavy atom. The van der Waals surface area contributed by atoms with Gasteiger partial charge in [0.1, 0.15) is 12.4 Å². The monoisotopic (exact) mass is 285 g/mol. The van der Waals surface area contributed by atoms with Crippen LogP contribution in [0.15, 0.2) is 30.3 Å². The van der Waals surface area contributed by atoms with E-state index in [-0.39, 0.29) is 6.10 Å². The number of rotatable bonds is 4. The smallest absolute Gasteiger partial charge is 0.119 e. The fraction of sp³-hybridized carbons (Fsp3) is 0.444. The number of aromatic nitrogens is 1. The van der Waals surface area contributed by atoms with Gasteiger partial charge in [0.15, 0.2) is 0 Å². The second-order valence-corrected chi connectivity index (χ2v) is 5.91. The van der Waals surface area contributed by atoms with Crippen LogP contribution in [0.5, 0.6) is 5.75 Å². The molecule has 0 bridgehead atoms. The molecule has 1 unspecified atom stereocenters. The highest BCUT2D eigenvalue weighted by Crippen LogP contribution is 2.32. The van der Waals surface area contributed by atoms with Crippen LogP contribution in [-0.4, -0.2) is 16.3 Å². The van der Waals surface area contributed by atoms with Crippen LogP contribution in [0.1, 0.15) is 41.5 Å². The summed E-state index contributed by atoms with van der Waals surface area (Å²) in [5, 5.41) is 10.1. The minimum absolute atomic E-state index is 0.286. The highest BCUT2D eigenvalue weighted by molar-refractivity contribution is 5.32. The molecule has 3 nitrogen and oxygen atoms in total. The third-order valence-corrected chi connectivity index (χ3v) is 4.27. The Kier molecular flexibility index (Phi) is 4.02. The number of fused-ring (bicyclic) bond motifs is 1. The Morgan fingerprint density at radius 3 is 2.95 bits per heavy atom. The lowest BCUT2D eigenvalue weighted by atomic mass is 9.95. The molecule has 0 spiro atoms. The van der Waals surface area contributed by atoms with E-state index in [1.807, 2.05) is 12.1 Å². The third-order valence-electron chi connectivity index (χ3n) is 4.27. The maximum Gasteiger partial charge on any atom is 0.119 e. The normalized spacial score (nSPS) is 17.6. The molecule has 2 aromatic rings. The summed E-state index contributed by atoms with van der Waals surface area (Å²) in [6.07, 6.45) is 2.73. The van der Waals surface area contributed by atoms with Crippen molar-refractivity contribution in [3.8, 4) is 5.75 Å². The van der Waals surface area contributed by atoms with Gasteiger partial charge in [-0.1, -0.05) is 12.1 Å². The van der Waals surface area contributed by atoms with Crippen molar-refractivity contribution in [3.05, 3.63) is 52.8 Å². The van der Waals surface area contributed by atoms with Crippen molar-refractivity contribution in [2.24, 2.45) is 0 Å². The van der Waals surface area contributed by atoms with Gasteiger partial charge in [0.05, 0.1) is 12.6 Å². The molecule has 1 aromatic heterocycles. The van der Waals surface area contributed by atoms with Crippen LogP contribution in [-0.2, 0) is 13.0 Å². The first-order chi connectivity index (χ1) is 10.1. The van der Waals surface area contributed by atoms with Gasteiger partial charge in [-0.25, -0.2) is 0 Å².